The van der Waals surface area contributed by atoms with Crippen molar-refractivity contribution in [2.24, 2.45) is 23.5 Å². The van der Waals surface area contributed by atoms with Crippen molar-refractivity contribution in [3.05, 3.63) is 35.8 Å². The molecule has 2 bridgehead atoms. The molecular formula is C25H31ClN8O2. The number of piperidine rings is 1. The maximum Gasteiger partial charge on any atom is 0.223 e. The number of aromatic nitrogens is 5. The largest absolute Gasteiger partial charge is 0.392 e. The number of amides is 1. The molecule has 1 saturated heterocycles. The number of nitrogens with two attached hydrogens (primary N) is 1. The van der Waals surface area contributed by atoms with Crippen LogP contribution in [-0.4, -0.2) is 72.4 Å². The van der Waals surface area contributed by atoms with E-state index >= 15 is 0 Å². The lowest BCUT2D eigenvalue weighted by atomic mass is 9.88. The summed E-state index contributed by atoms with van der Waals surface area (Å²) >= 11 is 6.57. The number of anilines is 1. The zero-order valence-electron chi connectivity index (χ0n) is 20.1. The Balaban J connectivity index is 1.23. The average Bonchev–Trinajstić information content (AvgIpc) is 3.63. The number of aliphatic hydroxyl groups is 1. The SMILES string of the molecule is C[C@H](O)CN1CCC(n2cc(-c3nc4c(N[C@H]5[C@@H](C(N)=O)[C@@H]6C=C[C@H]5C6)c(Cl)cnc4[nH]3)cn2)CC1. The van der Waals surface area contributed by atoms with Gasteiger partial charge in [-0.3, -0.25) is 9.48 Å². The van der Waals surface area contributed by atoms with Gasteiger partial charge in [0.1, 0.15) is 11.3 Å². The van der Waals surface area contributed by atoms with Crippen molar-refractivity contribution in [3.63, 3.8) is 0 Å². The smallest absolute Gasteiger partial charge is 0.223 e. The highest BCUT2D eigenvalue weighted by atomic mass is 35.5. The van der Waals surface area contributed by atoms with Gasteiger partial charge in [-0.2, -0.15) is 5.10 Å². The number of aliphatic hydroxyl groups excluding tert-OH is 1. The van der Waals surface area contributed by atoms with E-state index in [4.69, 9.17) is 22.3 Å². The molecule has 1 amide bonds. The van der Waals surface area contributed by atoms with E-state index < -0.39 is 0 Å². The van der Waals surface area contributed by atoms with Crippen LogP contribution in [0.4, 0.5) is 5.69 Å². The molecule has 5 N–H and O–H groups in total. The summed E-state index contributed by atoms with van der Waals surface area (Å²) in [5, 5.41) is 18.2. The van der Waals surface area contributed by atoms with E-state index in [1.54, 1.807) is 6.20 Å². The summed E-state index contributed by atoms with van der Waals surface area (Å²) in [5.74, 6) is 0.497. The summed E-state index contributed by atoms with van der Waals surface area (Å²) in [6.45, 7) is 4.42. The second-order valence-electron chi connectivity index (χ2n) is 10.4. The van der Waals surface area contributed by atoms with Gasteiger partial charge in [0.05, 0.1) is 46.7 Å². The monoisotopic (exact) mass is 510 g/mol. The molecule has 0 radical (unpaired) electrons. The first-order valence-electron chi connectivity index (χ1n) is 12.6. The van der Waals surface area contributed by atoms with E-state index in [2.05, 4.69) is 37.4 Å². The fraction of sp³-hybridized carbons (Fsp3) is 0.520. The highest BCUT2D eigenvalue weighted by Crippen LogP contribution is 2.46. The molecule has 1 aliphatic heterocycles. The number of primary amides is 1. The van der Waals surface area contributed by atoms with Crippen molar-refractivity contribution < 1.29 is 9.90 Å². The lowest BCUT2D eigenvalue weighted by Gasteiger charge is -2.32. The Labute approximate surface area is 213 Å². The minimum Gasteiger partial charge on any atom is -0.392 e. The minimum atomic E-state index is -0.311. The number of H-pyrrole nitrogens is 1. The number of fused-ring (bicyclic) bond motifs is 3. The summed E-state index contributed by atoms with van der Waals surface area (Å²) in [5.41, 5.74) is 8.54. The van der Waals surface area contributed by atoms with Gasteiger partial charge in [0, 0.05) is 31.9 Å². The van der Waals surface area contributed by atoms with E-state index in [0.29, 0.717) is 40.3 Å². The molecule has 2 fully saturated rings. The Morgan fingerprint density at radius 3 is 2.83 bits per heavy atom. The molecule has 5 atom stereocenters. The predicted molar refractivity (Wildman–Crippen MR) is 137 cm³/mol. The van der Waals surface area contributed by atoms with Gasteiger partial charge in [-0.25, -0.2) is 9.97 Å². The quantitative estimate of drug-likeness (QED) is 0.358. The first-order valence-corrected chi connectivity index (χ1v) is 13.0. The molecule has 3 aromatic rings. The van der Waals surface area contributed by atoms with Gasteiger partial charge >= 0.3 is 0 Å². The van der Waals surface area contributed by atoms with E-state index in [-0.39, 0.29) is 35.8 Å². The summed E-state index contributed by atoms with van der Waals surface area (Å²) in [6, 6.07) is 0.193. The molecule has 0 unspecified atom stereocenters. The Morgan fingerprint density at radius 1 is 1.31 bits per heavy atom. The van der Waals surface area contributed by atoms with Crippen molar-refractivity contribution in [2.75, 3.05) is 25.0 Å². The second kappa shape index (κ2) is 9.17. The first kappa shape index (κ1) is 23.4. The van der Waals surface area contributed by atoms with Crippen LogP contribution in [0.5, 0.6) is 0 Å². The number of nitrogens with zero attached hydrogens (tertiary/aromatic N) is 5. The van der Waals surface area contributed by atoms with Crippen LogP contribution in [0.25, 0.3) is 22.6 Å². The Hall–Kier alpha value is -2.95. The number of rotatable bonds is 7. The zero-order chi connectivity index (χ0) is 25.0. The van der Waals surface area contributed by atoms with Crippen molar-refractivity contribution in [1.82, 2.24) is 29.6 Å². The van der Waals surface area contributed by atoms with Crippen LogP contribution in [0, 0.1) is 17.8 Å². The number of aromatic amines is 1. The molecule has 10 nitrogen and oxygen atoms in total. The van der Waals surface area contributed by atoms with E-state index in [0.717, 1.165) is 37.9 Å². The number of hydrogen-bond acceptors (Lipinski definition) is 7. The topological polar surface area (TPSA) is 138 Å². The summed E-state index contributed by atoms with van der Waals surface area (Å²) < 4.78 is 2.01. The lowest BCUT2D eigenvalue weighted by Crippen LogP contribution is -2.41. The van der Waals surface area contributed by atoms with Gasteiger partial charge in [0.15, 0.2) is 5.65 Å². The number of carbonyl (C=O) groups excluding carboxylic acids is 1. The van der Waals surface area contributed by atoms with Crippen molar-refractivity contribution in [1.29, 1.82) is 0 Å². The van der Waals surface area contributed by atoms with Crippen LogP contribution in [0.1, 0.15) is 32.2 Å². The number of β-amino-alcohol motifs (C(OH)–C–C–N with tert-alkyl or cyclic N) is 1. The number of allylic oxidation sites excluding steroid dienone is 1. The summed E-state index contributed by atoms with van der Waals surface area (Å²) in [7, 11) is 0. The number of halogens is 1. The Bertz CT molecular complexity index is 1310. The molecule has 0 aromatic carbocycles. The van der Waals surface area contributed by atoms with Crippen molar-refractivity contribution in [3.8, 4) is 11.4 Å². The third-order valence-electron chi connectivity index (χ3n) is 7.89. The van der Waals surface area contributed by atoms with Gasteiger partial charge in [-0.05, 0) is 38.0 Å². The maximum absolute atomic E-state index is 12.2. The molecular weight excluding hydrogens is 480 g/mol. The number of pyridine rings is 1. The van der Waals surface area contributed by atoms with Gasteiger partial charge in [-0.15, -0.1) is 0 Å². The number of imidazole rings is 1. The standard InChI is InChI=1S/C25H31ClN8O2/c1-13(35)11-33-6-4-17(5-7-33)34-12-16(9-29-34)24-31-22-21(18(26)10-28-25(22)32-24)30-20-15-3-2-14(8-15)19(20)23(27)36/h2-3,9-10,12-15,17,19-20,35H,4-8,11H2,1H3,(H2,27,36)(H2,28,30,31,32)/t13-,14+,15-,19-,20+/m0/s1. The summed E-state index contributed by atoms with van der Waals surface area (Å²) in [4.78, 5) is 27.1. The van der Waals surface area contributed by atoms with Crippen molar-refractivity contribution >= 4 is 34.4 Å². The van der Waals surface area contributed by atoms with Gasteiger partial charge in [0.25, 0.3) is 0 Å². The number of carbonyl (C=O) groups is 1. The van der Waals surface area contributed by atoms with Crippen LogP contribution in [-0.2, 0) is 4.79 Å². The molecule has 3 aliphatic rings. The third-order valence-corrected chi connectivity index (χ3v) is 8.18. The Kier molecular flexibility index (Phi) is 5.97. The molecule has 2 aliphatic carbocycles. The molecule has 11 heteroatoms. The van der Waals surface area contributed by atoms with Gasteiger partial charge in [-0.1, -0.05) is 23.8 Å². The van der Waals surface area contributed by atoms with Gasteiger partial charge < -0.3 is 26.0 Å². The van der Waals surface area contributed by atoms with Crippen LogP contribution in [0.15, 0.2) is 30.7 Å². The highest BCUT2D eigenvalue weighted by Gasteiger charge is 2.47. The van der Waals surface area contributed by atoms with Crippen molar-refractivity contribution in [2.45, 2.75) is 44.4 Å². The lowest BCUT2D eigenvalue weighted by molar-refractivity contribution is -0.122. The molecule has 4 heterocycles. The number of likely N-dealkylation sites (tertiary alicyclic amines) is 1. The fourth-order valence-corrected chi connectivity index (χ4v) is 6.37. The Morgan fingerprint density at radius 2 is 2.08 bits per heavy atom. The normalized spacial score (nSPS) is 27.2. The highest BCUT2D eigenvalue weighted by molar-refractivity contribution is 6.34. The van der Waals surface area contributed by atoms with E-state index in [1.807, 2.05) is 24.0 Å². The third kappa shape index (κ3) is 4.16. The molecule has 190 valence electrons. The molecule has 6 rings (SSSR count). The number of hydrogen-bond donors (Lipinski definition) is 4. The predicted octanol–water partition coefficient (Wildman–Crippen LogP) is 2.58. The maximum atomic E-state index is 12.2. The zero-order valence-corrected chi connectivity index (χ0v) is 20.9. The number of nitrogens with one attached hydrogen (secondary N) is 2. The molecule has 1 saturated carbocycles. The minimum absolute atomic E-state index is 0.122. The summed E-state index contributed by atoms with van der Waals surface area (Å²) in [6.07, 6.45) is 12.3. The molecule has 0 spiro atoms. The molecule has 3 aromatic heterocycles. The van der Waals surface area contributed by atoms with E-state index in [1.165, 1.54) is 0 Å². The van der Waals surface area contributed by atoms with Crippen LogP contribution in [0.3, 0.4) is 0 Å². The van der Waals surface area contributed by atoms with E-state index in [9.17, 15) is 9.90 Å². The second-order valence-corrected chi connectivity index (χ2v) is 10.8. The average molecular weight is 511 g/mol. The first-order chi connectivity index (χ1) is 17.4. The van der Waals surface area contributed by atoms with Gasteiger partial charge in [0.2, 0.25) is 5.91 Å². The van der Waals surface area contributed by atoms with Crippen LogP contribution in [0.2, 0.25) is 5.02 Å². The van der Waals surface area contributed by atoms with Crippen LogP contribution >= 0.6 is 11.6 Å². The van der Waals surface area contributed by atoms with Crippen LogP contribution < -0.4 is 11.1 Å². The molecule has 36 heavy (non-hydrogen) atoms. The fourth-order valence-electron chi connectivity index (χ4n) is 6.18.